The number of ether oxygens (including phenoxy) is 1. The lowest BCUT2D eigenvalue weighted by molar-refractivity contribution is 0.0174. The van der Waals surface area contributed by atoms with Crippen molar-refractivity contribution in [3.05, 3.63) is 73.0 Å². The summed E-state index contributed by atoms with van der Waals surface area (Å²) in [6.07, 6.45) is 6.13. The number of allylic oxidation sites excluding steroid dienone is 1. The summed E-state index contributed by atoms with van der Waals surface area (Å²) >= 11 is 0. The van der Waals surface area contributed by atoms with E-state index in [-0.39, 0.29) is 17.2 Å². The van der Waals surface area contributed by atoms with Gasteiger partial charge in [-0.3, -0.25) is 0 Å². The van der Waals surface area contributed by atoms with Crippen LogP contribution in [-0.2, 0) is 9.16 Å². The van der Waals surface area contributed by atoms with Gasteiger partial charge in [0.2, 0.25) is 0 Å². The molecule has 0 fully saturated rings. The lowest BCUT2D eigenvalue weighted by atomic mass is 10.1. The minimum Gasteiger partial charge on any atom is -0.496 e. The van der Waals surface area contributed by atoms with Crippen LogP contribution in [0.15, 0.2) is 73.0 Å². The normalized spacial score (nSPS) is 19.0. The third-order valence-corrected chi connectivity index (χ3v) is 10.4. The SMILES string of the molecule is CC(O[Si](c1ccccc1)(c1ccccc1)C(C)(C)C)C1CCC=CO1. The Hall–Kier alpha value is -1.84. The monoisotopic (exact) mass is 366 g/mol. The second kappa shape index (κ2) is 7.81. The van der Waals surface area contributed by atoms with Crippen LogP contribution in [0.25, 0.3) is 0 Å². The molecule has 1 aliphatic heterocycles. The van der Waals surface area contributed by atoms with E-state index in [0.29, 0.717) is 0 Å². The number of benzene rings is 2. The molecule has 26 heavy (non-hydrogen) atoms. The fraction of sp³-hybridized carbons (Fsp3) is 0.391. The average molecular weight is 367 g/mol. The van der Waals surface area contributed by atoms with Gasteiger partial charge in [0.05, 0.1) is 12.4 Å². The molecule has 3 rings (SSSR count). The van der Waals surface area contributed by atoms with Gasteiger partial charge in [-0.2, -0.15) is 0 Å². The topological polar surface area (TPSA) is 18.5 Å². The van der Waals surface area contributed by atoms with Crippen LogP contribution in [0.1, 0.15) is 40.5 Å². The summed E-state index contributed by atoms with van der Waals surface area (Å²) in [7, 11) is -2.50. The summed E-state index contributed by atoms with van der Waals surface area (Å²) in [5.74, 6) is 0. The van der Waals surface area contributed by atoms with Crippen LogP contribution >= 0.6 is 0 Å². The first-order chi connectivity index (χ1) is 12.4. The average Bonchev–Trinajstić information content (AvgIpc) is 2.67. The zero-order valence-electron chi connectivity index (χ0n) is 16.3. The Morgan fingerprint density at radius 2 is 1.50 bits per heavy atom. The maximum absolute atomic E-state index is 7.09. The predicted octanol–water partition coefficient (Wildman–Crippen LogP) is 4.64. The van der Waals surface area contributed by atoms with E-state index in [1.807, 2.05) is 6.26 Å². The van der Waals surface area contributed by atoms with Crippen LogP contribution in [-0.4, -0.2) is 20.5 Å². The second-order valence-electron chi connectivity index (χ2n) is 8.11. The molecule has 2 atom stereocenters. The Kier molecular flexibility index (Phi) is 5.69. The minimum atomic E-state index is -2.50. The van der Waals surface area contributed by atoms with Crippen LogP contribution < -0.4 is 10.4 Å². The van der Waals surface area contributed by atoms with Gasteiger partial charge < -0.3 is 9.16 Å². The Morgan fingerprint density at radius 1 is 0.962 bits per heavy atom. The van der Waals surface area contributed by atoms with E-state index in [1.54, 1.807) is 0 Å². The number of hydrogen-bond acceptors (Lipinski definition) is 2. The van der Waals surface area contributed by atoms with Crippen molar-refractivity contribution in [2.75, 3.05) is 0 Å². The second-order valence-corrected chi connectivity index (χ2v) is 12.4. The van der Waals surface area contributed by atoms with Crippen molar-refractivity contribution in [2.24, 2.45) is 0 Å². The van der Waals surface area contributed by atoms with Gasteiger partial charge in [-0.25, -0.2) is 0 Å². The van der Waals surface area contributed by atoms with Gasteiger partial charge in [0.25, 0.3) is 8.32 Å². The molecule has 0 spiro atoms. The smallest absolute Gasteiger partial charge is 0.261 e. The molecule has 2 aromatic carbocycles. The van der Waals surface area contributed by atoms with E-state index in [0.717, 1.165) is 12.8 Å². The highest BCUT2D eigenvalue weighted by Gasteiger charge is 2.51. The number of rotatable bonds is 5. The zero-order chi connectivity index (χ0) is 18.6. The van der Waals surface area contributed by atoms with Crippen molar-refractivity contribution in [3.8, 4) is 0 Å². The van der Waals surface area contributed by atoms with Gasteiger partial charge in [-0.05, 0) is 41.3 Å². The third kappa shape index (κ3) is 3.65. The van der Waals surface area contributed by atoms with Crippen molar-refractivity contribution >= 4 is 18.7 Å². The molecule has 0 N–H and O–H groups in total. The molecule has 0 amide bonds. The maximum atomic E-state index is 7.09. The summed E-state index contributed by atoms with van der Waals surface area (Å²) < 4.78 is 13.0. The van der Waals surface area contributed by atoms with Crippen LogP contribution in [0.3, 0.4) is 0 Å². The largest absolute Gasteiger partial charge is 0.496 e. The van der Waals surface area contributed by atoms with Crippen LogP contribution in [0.4, 0.5) is 0 Å². The molecule has 3 heteroatoms. The van der Waals surface area contributed by atoms with Crippen molar-refractivity contribution in [3.63, 3.8) is 0 Å². The van der Waals surface area contributed by atoms with E-state index in [9.17, 15) is 0 Å². The van der Waals surface area contributed by atoms with E-state index in [1.165, 1.54) is 10.4 Å². The highest BCUT2D eigenvalue weighted by molar-refractivity contribution is 6.99. The van der Waals surface area contributed by atoms with Gasteiger partial charge in [-0.15, -0.1) is 0 Å². The van der Waals surface area contributed by atoms with Gasteiger partial charge >= 0.3 is 0 Å². The van der Waals surface area contributed by atoms with Crippen LogP contribution in [0.2, 0.25) is 5.04 Å². The Labute approximate surface area is 159 Å². The van der Waals surface area contributed by atoms with Gasteiger partial charge in [0.1, 0.15) is 6.10 Å². The summed E-state index contributed by atoms with van der Waals surface area (Å²) in [6.45, 7) is 9.11. The first-order valence-corrected chi connectivity index (χ1v) is 11.5. The van der Waals surface area contributed by atoms with E-state index < -0.39 is 8.32 Å². The standard InChI is InChI=1S/C23H30O2Si/c1-19(22-17-11-12-18-24-22)25-26(23(2,3)4,20-13-7-5-8-14-20)21-15-9-6-10-16-21/h5-10,12-16,18-19,22H,11,17H2,1-4H3. The van der Waals surface area contributed by atoms with Crippen molar-refractivity contribution in [2.45, 2.75) is 57.8 Å². The molecular weight excluding hydrogens is 336 g/mol. The minimum absolute atomic E-state index is 0.00548. The lowest BCUT2D eigenvalue weighted by Crippen LogP contribution is -2.68. The first kappa shape index (κ1) is 18.9. The molecule has 0 radical (unpaired) electrons. The van der Waals surface area contributed by atoms with Crippen molar-refractivity contribution < 1.29 is 9.16 Å². The molecule has 1 aliphatic rings. The summed E-state index contributed by atoms with van der Waals surface area (Å²) in [4.78, 5) is 0. The number of hydrogen-bond donors (Lipinski definition) is 0. The summed E-state index contributed by atoms with van der Waals surface area (Å²) in [5.41, 5.74) is 0. The Balaban J connectivity index is 2.09. The summed E-state index contributed by atoms with van der Waals surface area (Å²) in [5, 5.41) is 2.63. The molecule has 2 aromatic rings. The third-order valence-electron chi connectivity index (χ3n) is 5.27. The van der Waals surface area contributed by atoms with Crippen molar-refractivity contribution in [1.82, 2.24) is 0 Å². The van der Waals surface area contributed by atoms with Crippen LogP contribution in [0.5, 0.6) is 0 Å². The van der Waals surface area contributed by atoms with Crippen LogP contribution in [0, 0.1) is 0 Å². The van der Waals surface area contributed by atoms with Crippen molar-refractivity contribution in [1.29, 1.82) is 0 Å². The lowest BCUT2D eigenvalue weighted by Gasteiger charge is -2.45. The van der Waals surface area contributed by atoms with E-state index in [4.69, 9.17) is 9.16 Å². The highest BCUT2D eigenvalue weighted by Crippen LogP contribution is 2.38. The fourth-order valence-electron chi connectivity index (χ4n) is 3.94. The predicted molar refractivity (Wildman–Crippen MR) is 111 cm³/mol. The molecule has 0 saturated heterocycles. The van der Waals surface area contributed by atoms with Gasteiger partial charge in [0, 0.05) is 0 Å². The molecule has 2 unspecified atom stereocenters. The molecule has 0 aromatic heterocycles. The Bertz CT molecular complexity index is 679. The molecule has 1 heterocycles. The molecule has 138 valence electrons. The molecular formula is C23H30O2Si. The van der Waals surface area contributed by atoms with E-state index >= 15 is 0 Å². The highest BCUT2D eigenvalue weighted by atomic mass is 28.4. The van der Waals surface area contributed by atoms with Gasteiger partial charge in [-0.1, -0.05) is 81.4 Å². The molecule has 2 nitrogen and oxygen atoms in total. The molecule has 0 aliphatic carbocycles. The maximum Gasteiger partial charge on any atom is 0.261 e. The zero-order valence-corrected chi connectivity index (χ0v) is 17.3. The summed E-state index contributed by atoms with van der Waals surface area (Å²) in [6, 6.07) is 21.6. The molecule has 0 bridgehead atoms. The van der Waals surface area contributed by atoms with Gasteiger partial charge in [0.15, 0.2) is 0 Å². The molecule has 0 saturated carbocycles. The first-order valence-electron chi connectivity index (χ1n) is 9.54. The quantitative estimate of drug-likeness (QED) is 0.718. The fourth-order valence-corrected chi connectivity index (χ4v) is 8.67. The Morgan fingerprint density at radius 3 is 1.92 bits per heavy atom. The van der Waals surface area contributed by atoms with E-state index in [2.05, 4.69) is 94.4 Å².